The molecule has 0 fully saturated rings. The third-order valence-electron chi connectivity index (χ3n) is 2.74. The first-order valence-corrected chi connectivity index (χ1v) is 6.72. The van der Waals surface area contributed by atoms with Crippen LogP contribution in [-0.2, 0) is 4.74 Å². The van der Waals surface area contributed by atoms with Crippen molar-refractivity contribution in [3.63, 3.8) is 0 Å². The number of hydrogen-bond acceptors (Lipinski definition) is 3. The van der Waals surface area contributed by atoms with Gasteiger partial charge in [0.1, 0.15) is 0 Å². The van der Waals surface area contributed by atoms with E-state index in [0.717, 1.165) is 4.90 Å². The Balaban J connectivity index is 2.46. The highest BCUT2D eigenvalue weighted by atomic mass is 35.5. The van der Waals surface area contributed by atoms with E-state index in [1.807, 2.05) is 0 Å². The molecule has 0 spiro atoms. The number of hydrogen-bond donors (Lipinski definition) is 0. The van der Waals surface area contributed by atoms with Crippen LogP contribution in [0, 0.1) is 0 Å². The fraction of sp³-hybridized carbons (Fsp3) is 0.0667. The van der Waals surface area contributed by atoms with Gasteiger partial charge in [0.25, 0.3) is 5.91 Å². The number of para-hydroxylation sites is 1. The van der Waals surface area contributed by atoms with Gasteiger partial charge in [-0.1, -0.05) is 41.4 Å². The SMILES string of the molecule is COC(=O)N(C(=O)c1ccc(Cl)cc1Cl)c1ccccc1. The Morgan fingerprint density at radius 3 is 2.29 bits per heavy atom. The fourth-order valence-corrected chi connectivity index (χ4v) is 2.25. The lowest BCUT2D eigenvalue weighted by Crippen LogP contribution is -2.37. The maximum absolute atomic E-state index is 12.6. The third kappa shape index (κ3) is 3.35. The van der Waals surface area contributed by atoms with Crippen LogP contribution in [0.15, 0.2) is 48.5 Å². The summed E-state index contributed by atoms with van der Waals surface area (Å²) < 4.78 is 4.67. The smallest absolute Gasteiger partial charge is 0.421 e. The van der Waals surface area contributed by atoms with Gasteiger partial charge in [0.15, 0.2) is 0 Å². The van der Waals surface area contributed by atoms with Gasteiger partial charge in [0.05, 0.1) is 23.4 Å². The molecule has 2 rings (SSSR count). The zero-order valence-electron chi connectivity index (χ0n) is 11.0. The van der Waals surface area contributed by atoms with Crippen LogP contribution in [0.5, 0.6) is 0 Å². The van der Waals surface area contributed by atoms with Crippen LogP contribution < -0.4 is 4.90 Å². The quantitative estimate of drug-likeness (QED) is 0.822. The monoisotopic (exact) mass is 323 g/mol. The molecule has 21 heavy (non-hydrogen) atoms. The zero-order valence-corrected chi connectivity index (χ0v) is 12.6. The number of carbonyl (C=O) groups is 2. The van der Waals surface area contributed by atoms with Gasteiger partial charge in [0.2, 0.25) is 0 Å². The molecule has 0 saturated heterocycles. The molecule has 6 heteroatoms. The molecule has 0 unspecified atom stereocenters. The second-order valence-corrected chi connectivity index (χ2v) is 4.91. The molecule has 0 aromatic heterocycles. The Kier molecular flexibility index (Phi) is 4.83. The van der Waals surface area contributed by atoms with Crippen LogP contribution in [0.3, 0.4) is 0 Å². The Hall–Kier alpha value is -2.04. The number of imide groups is 1. The molecule has 2 amide bonds. The van der Waals surface area contributed by atoms with E-state index in [2.05, 4.69) is 4.74 Å². The van der Waals surface area contributed by atoms with Crippen LogP contribution in [-0.4, -0.2) is 19.1 Å². The summed E-state index contributed by atoms with van der Waals surface area (Å²) >= 11 is 11.8. The van der Waals surface area contributed by atoms with Crippen molar-refractivity contribution in [3.05, 3.63) is 64.1 Å². The summed E-state index contributed by atoms with van der Waals surface area (Å²) in [7, 11) is 1.20. The lowest BCUT2D eigenvalue weighted by molar-refractivity contribution is 0.0976. The lowest BCUT2D eigenvalue weighted by atomic mass is 10.2. The van der Waals surface area contributed by atoms with Gasteiger partial charge in [0, 0.05) is 5.02 Å². The van der Waals surface area contributed by atoms with Crippen LogP contribution in [0.25, 0.3) is 0 Å². The Morgan fingerprint density at radius 1 is 1.05 bits per heavy atom. The highest BCUT2D eigenvalue weighted by molar-refractivity contribution is 6.38. The van der Waals surface area contributed by atoms with E-state index in [9.17, 15) is 9.59 Å². The van der Waals surface area contributed by atoms with Crippen molar-refractivity contribution in [1.29, 1.82) is 0 Å². The summed E-state index contributed by atoms with van der Waals surface area (Å²) in [5, 5.41) is 0.568. The lowest BCUT2D eigenvalue weighted by Gasteiger charge is -2.20. The maximum atomic E-state index is 12.6. The first-order chi connectivity index (χ1) is 10.0. The molecule has 0 aliphatic carbocycles. The second kappa shape index (κ2) is 6.61. The standard InChI is InChI=1S/C15H11Cl2NO3/c1-21-15(20)18(11-5-3-2-4-6-11)14(19)12-8-7-10(16)9-13(12)17/h2-9H,1H3. The van der Waals surface area contributed by atoms with Gasteiger partial charge in [-0.3, -0.25) is 4.79 Å². The number of halogens is 2. The van der Waals surface area contributed by atoms with Gasteiger partial charge in [-0.2, -0.15) is 0 Å². The number of methoxy groups -OCH3 is 1. The predicted molar refractivity (Wildman–Crippen MR) is 82.1 cm³/mol. The summed E-state index contributed by atoms with van der Waals surface area (Å²) in [4.78, 5) is 25.4. The Labute approximate surface area is 131 Å². The van der Waals surface area contributed by atoms with Crippen LogP contribution in [0.2, 0.25) is 10.0 Å². The van der Waals surface area contributed by atoms with Crippen molar-refractivity contribution >= 4 is 40.9 Å². The number of nitrogens with zero attached hydrogens (tertiary/aromatic N) is 1. The van der Waals surface area contributed by atoms with Gasteiger partial charge in [-0.25, -0.2) is 9.69 Å². The molecule has 4 nitrogen and oxygen atoms in total. The Morgan fingerprint density at radius 2 is 1.71 bits per heavy atom. The summed E-state index contributed by atoms with van der Waals surface area (Å²) in [6.07, 6.45) is -0.794. The van der Waals surface area contributed by atoms with Gasteiger partial charge in [-0.15, -0.1) is 0 Å². The largest absolute Gasteiger partial charge is 0.452 e. The first-order valence-electron chi connectivity index (χ1n) is 5.97. The highest BCUT2D eigenvalue weighted by Crippen LogP contribution is 2.25. The summed E-state index contributed by atoms with van der Waals surface area (Å²) in [5.41, 5.74) is 0.552. The van der Waals surface area contributed by atoms with E-state index in [4.69, 9.17) is 23.2 Å². The van der Waals surface area contributed by atoms with E-state index < -0.39 is 12.0 Å². The van der Waals surface area contributed by atoms with E-state index in [1.54, 1.807) is 30.3 Å². The van der Waals surface area contributed by atoms with Crippen molar-refractivity contribution < 1.29 is 14.3 Å². The third-order valence-corrected chi connectivity index (χ3v) is 3.28. The fourth-order valence-electron chi connectivity index (χ4n) is 1.76. The van der Waals surface area contributed by atoms with Crippen molar-refractivity contribution in [3.8, 4) is 0 Å². The topological polar surface area (TPSA) is 46.6 Å². The Bertz CT molecular complexity index is 674. The van der Waals surface area contributed by atoms with Crippen LogP contribution >= 0.6 is 23.2 Å². The van der Waals surface area contributed by atoms with Crippen molar-refractivity contribution in [2.75, 3.05) is 12.0 Å². The molecule has 0 saturated carbocycles. The molecular weight excluding hydrogens is 313 g/mol. The van der Waals surface area contributed by atoms with E-state index >= 15 is 0 Å². The molecule has 0 heterocycles. The molecule has 0 atom stereocenters. The summed E-state index contributed by atoms with van der Waals surface area (Å²) in [6.45, 7) is 0. The highest BCUT2D eigenvalue weighted by Gasteiger charge is 2.27. The minimum Gasteiger partial charge on any atom is -0.452 e. The van der Waals surface area contributed by atoms with Crippen molar-refractivity contribution in [2.24, 2.45) is 0 Å². The normalized spacial score (nSPS) is 10.0. The van der Waals surface area contributed by atoms with Gasteiger partial charge < -0.3 is 4.74 Å². The van der Waals surface area contributed by atoms with Crippen LogP contribution in [0.1, 0.15) is 10.4 Å². The molecule has 0 bridgehead atoms. The second-order valence-electron chi connectivity index (χ2n) is 4.07. The van der Waals surface area contributed by atoms with Crippen molar-refractivity contribution in [1.82, 2.24) is 0 Å². The average molecular weight is 324 g/mol. The average Bonchev–Trinajstić information content (AvgIpc) is 2.48. The van der Waals surface area contributed by atoms with E-state index in [0.29, 0.717) is 10.7 Å². The first kappa shape index (κ1) is 15.4. The van der Waals surface area contributed by atoms with Gasteiger partial charge in [-0.05, 0) is 30.3 Å². The van der Waals surface area contributed by atoms with E-state index in [1.165, 1.54) is 25.3 Å². The minimum atomic E-state index is -0.794. The molecular formula is C15H11Cl2NO3. The minimum absolute atomic E-state index is 0.162. The molecule has 0 radical (unpaired) electrons. The molecule has 2 aromatic carbocycles. The maximum Gasteiger partial charge on any atom is 0.421 e. The number of ether oxygens (including phenoxy) is 1. The van der Waals surface area contributed by atoms with Gasteiger partial charge >= 0.3 is 6.09 Å². The molecule has 0 aliphatic rings. The number of amides is 2. The summed E-state index contributed by atoms with van der Waals surface area (Å²) in [5.74, 6) is -0.588. The zero-order chi connectivity index (χ0) is 15.4. The molecule has 0 N–H and O–H groups in total. The predicted octanol–water partition coefficient (Wildman–Crippen LogP) is 4.41. The summed E-state index contributed by atoms with van der Waals surface area (Å²) in [6, 6.07) is 12.9. The van der Waals surface area contributed by atoms with Crippen LogP contribution in [0.4, 0.5) is 10.5 Å². The molecule has 0 aliphatic heterocycles. The van der Waals surface area contributed by atoms with Crippen molar-refractivity contribution in [2.45, 2.75) is 0 Å². The number of benzene rings is 2. The molecule has 108 valence electrons. The van der Waals surface area contributed by atoms with E-state index in [-0.39, 0.29) is 10.6 Å². The molecule has 2 aromatic rings. The number of anilines is 1. The number of carbonyl (C=O) groups excluding carboxylic acids is 2. The number of rotatable bonds is 2.